The van der Waals surface area contributed by atoms with Crippen LogP contribution in [0.15, 0.2) is 24.3 Å². The zero-order valence-corrected chi connectivity index (χ0v) is 13.3. The van der Waals surface area contributed by atoms with Crippen molar-refractivity contribution in [2.24, 2.45) is 0 Å². The van der Waals surface area contributed by atoms with Gasteiger partial charge < -0.3 is 14.8 Å². The van der Waals surface area contributed by atoms with E-state index < -0.39 is 24.1 Å². The van der Waals surface area contributed by atoms with Crippen molar-refractivity contribution in [1.82, 2.24) is 5.32 Å². The fourth-order valence-electron chi connectivity index (χ4n) is 1.52. The number of hydrogen-bond donors (Lipinski definition) is 1. The summed E-state index contributed by atoms with van der Waals surface area (Å²) in [5.41, 5.74) is 0.849. The van der Waals surface area contributed by atoms with Crippen LogP contribution in [0.3, 0.4) is 0 Å². The molecule has 6 heteroatoms. The minimum absolute atomic E-state index is 0.310. The molecule has 0 fully saturated rings. The number of carbonyl (C=O) groups is 3. The van der Waals surface area contributed by atoms with Gasteiger partial charge in [0.1, 0.15) is 12.1 Å². The van der Waals surface area contributed by atoms with Crippen LogP contribution in [0.25, 0.3) is 0 Å². The summed E-state index contributed by atoms with van der Waals surface area (Å²) >= 11 is 0. The van der Waals surface area contributed by atoms with Gasteiger partial charge in [0.25, 0.3) is 5.91 Å². The van der Waals surface area contributed by atoms with Gasteiger partial charge in [0.15, 0.2) is 6.61 Å². The van der Waals surface area contributed by atoms with Crippen LogP contribution < -0.4 is 5.32 Å². The summed E-state index contributed by atoms with van der Waals surface area (Å²) in [6, 6.07) is 6.93. The van der Waals surface area contributed by atoms with Gasteiger partial charge >= 0.3 is 11.9 Å². The standard InChI is InChI=1S/C16H21NO5/c1-11-5-7-12(8-6-11)15(20)17-9-13(18)21-10-14(19)22-16(2,3)4/h5-8H,9-10H2,1-4H3,(H,17,20). The van der Waals surface area contributed by atoms with Crippen LogP contribution in [-0.4, -0.2) is 36.6 Å². The predicted molar refractivity (Wildman–Crippen MR) is 80.3 cm³/mol. The van der Waals surface area contributed by atoms with E-state index >= 15 is 0 Å². The van der Waals surface area contributed by atoms with Crippen LogP contribution in [0.5, 0.6) is 0 Å². The quantitative estimate of drug-likeness (QED) is 0.836. The van der Waals surface area contributed by atoms with Crippen LogP contribution in [0.4, 0.5) is 0 Å². The van der Waals surface area contributed by atoms with Gasteiger partial charge in [0.2, 0.25) is 0 Å². The van der Waals surface area contributed by atoms with E-state index in [-0.39, 0.29) is 12.5 Å². The number of nitrogens with one attached hydrogen (secondary N) is 1. The summed E-state index contributed by atoms with van der Waals surface area (Å²) in [6.45, 7) is 6.28. The third-order valence-corrected chi connectivity index (χ3v) is 2.48. The Kier molecular flexibility index (Phi) is 6.10. The van der Waals surface area contributed by atoms with Crippen LogP contribution in [0.1, 0.15) is 36.7 Å². The van der Waals surface area contributed by atoms with E-state index in [9.17, 15) is 14.4 Å². The maximum absolute atomic E-state index is 11.8. The summed E-state index contributed by atoms with van der Waals surface area (Å²) < 4.78 is 9.72. The second-order valence-corrected chi connectivity index (χ2v) is 5.80. The third-order valence-electron chi connectivity index (χ3n) is 2.48. The molecule has 1 rings (SSSR count). The Balaban J connectivity index is 2.32. The molecule has 1 aromatic carbocycles. The van der Waals surface area contributed by atoms with Crippen molar-refractivity contribution in [2.45, 2.75) is 33.3 Å². The molecule has 0 heterocycles. The van der Waals surface area contributed by atoms with Crippen LogP contribution in [0.2, 0.25) is 0 Å². The Bertz CT molecular complexity index is 543. The fourth-order valence-corrected chi connectivity index (χ4v) is 1.52. The van der Waals surface area contributed by atoms with Crippen molar-refractivity contribution in [3.63, 3.8) is 0 Å². The lowest BCUT2D eigenvalue weighted by molar-refractivity contribution is -0.166. The molecule has 0 atom stereocenters. The van der Waals surface area contributed by atoms with Crippen molar-refractivity contribution < 1.29 is 23.9 Å². The average Bonchev–Trinajstić information content (AvgIpc) is 2.41. The van der Waals surface area contributed by atoms with Gasteiger partial charge in [0, 0.05) is 5.56 Å². The smallest absolute Gasteiger partial charge is 0.344 e. The molecule has 0 bridgehead atoms. The summed E-state index contributed by atoms with van der Waals surface area (Å²) in [5.74, 6) is -1.72. The molecule has 0 aliphatic rings. The molecule has 0 aliphatic heterocycles. The Morgan fingerprint density at radius 1 is 1.05 bits per heavy atom. The molecule has 1 amide bonds. The van der Waals surface area contributed by atoms with Crippen LogP contribution in [-0.2, 0) is 19.1 Å². The fraction of sp³-hybridized carbons (Fsp3) is 0.438. The van der Waals surface area contributed by atoms with E-state index in [4.69, 9.17) is 9.47 Å². The molecule has 0 saturated carbocycles. The molecule has 0 aliphatic carbocycles. The van der Waals surface area contributed by atoms with Crippen molar-refractivity contribution in [3.05, 3.63) is 35.4 Å². The highest BCUT2D eigenvalue weighted by atomic mass is 16.6. The van der Waals surface area contributed by atoms with Crippen molar-refractivity contribution in [1.29, 1.82) is 0 Å². The molecule has 0 aromatic heterocycles. The largest absolute Gasteiger partial charge is 0.457 e. The van der Waals surface area contributed by atoms with E-state index in [0.717, 1.165) is 5.56 Å². The summed E-state index contributed by atoms with van der Waals surface area (Å²) in [5, 5.41) is 2.42. The van der Waals surface area contributed by atoms with Crippen molar-refractivity contribution in [3.8, 4) is 0 Å². The Hall–Kier alpha value is -2.37. The third kappa shape index (κ3) is 6.88. The van der Waals surface area contributed by atoms with Gasteiger partial charge in [-0.1, -0.05) is 17.7 Å². The highest BCUT2D eigenvalue weighted by Gasteiger charge is 2.17. The molecule has 0 spiro atoms. The number of carbonyl (C=O) groups excluding carboxylic acids is 3. The van der Waals surface area contributed by atoms with Crippen molar-refractivity contribution >= 4 is 17.8 Å². The molecule has 1 aromatic rings. The summed E-state index contributed by atoms with van der Waals surface area (Å²) in [4.78, 5) is 34.6. The first kappa shape index (κ1) is 17.7. The van der Waals surface area contributed by atoms with Crippen LogP contribution in [0, 0.1) is 6.92 Å². The SMILES string of the molecule is Cc1ccc(C(=O)NCC(=O)OCC(=O)OC(C)(C)C)cc1. The molecule has 0 saturated heterocycles. The Labute approximate surface area is 129 Å². The molecule has 0 unspecified atom stereocenters. The van der Waals surface area contributed by atoms with Gasteiger partial charge in [-0.25, -0.2) is 4.79 Å². The minimum atomic E-state index is -0.702. The molecule has 6 nitrogen and oxygen atoms in total. The van der Waals surface area contributed by atoms with E-state index in [1.54, 1.807) is 45.0 Å². The number of rotatable bonds is 5. The number of ether oxygens (including phenoxy) is 2. The second kappa shape index (κ2) is 7.59. The maximum atomic E-state index is 11.8. The maximum Gasteiger partial charge on any atom is 0.344 e. The first-order valence-corrected chi connectivity index (χ1v) is 6.90. The number of benzene rings is 1. The van der Waals surface area contributed by atoms with Gasteiger partial charge in [-0.2, -0.15) is 0 Å². The topological polar surface area (TPSA) is 81.7 Å². The second-order valence-electron chi connectivity index (χ2n) is 5.80. The van der Waals surface area contributed by atoms with E-state index in [1.807, 2.05) is 6.92 Å². The van der Waals surface area contributed by atoms with E-state index in [1.165, 1.54) is 0 Å². The highest BCUT2D eigenvalue weighted by molar-refractivity contribution is 5.96. The van der Waals surface area contributed by atoms with E-state index in [2.05, 4.69) is 5.32 Å². The van der Waals surface area contributed by atoms with Gasteiger partial charge in [-0.3, -0.25) is 9.59 Å². The lowest BCUT2D eigenvalue weighted by Gasteiger charge is -2.19. The highest BCUT2D eigenvalue weighted by Crippen LogP contribution is 2.06. The molecule has 0 radical (unpaired) electrons. The molecule has 1 N–H and O–H groups in total. The summed E-state index contributed by atoms with van der Waals surface area (Å²) in [7, 11) is 0. The first-order chi connectivity index (χ1) is 10.2. The van der Waals surface area contributed by atoms with Gasteiger partial charge in [0.05, 0.1) is 0 Å². The average molecular weight is 307 g/mol. The Morgan fingerprint density at radius 3 is 2.18 bits per heavy atom. The van der Waals surface area contributed by atoms with Crippen LogP contribution >= 0.6 is 0 Å². The number of hydrogen-bond acceptors (Lipinski definition) is 5. The monoisotopic (exact) mass is 307 g/mol. The lowest BCUT2D eigenvalue weighted by atomic mass is 10.1. The number of esters is 2. The number of aryl methyl sites for hydroxylation is 1. The predicted octanol–water partition coefficient (Wildman–Crippen LogP) is 1.61. The first-order valence-electron chi connectivity index (χ1n) is 6.90. The minimum Gasteiger partial charge on any atom is -0.457 e. The molecular weight excluding hydrogens is 286 g/mol. The summed E-state index contributed by atoms with van der Waals surface area (Å²) in [6.07, 6.45) is 0. The van der Waals surface area contributed by atoms with Gasteiger partial charge in [-0.15, -0.1) is 0 Å². The zero-order valence-electron chi connectivity index (χ0n) is 13.3. The molecular formula is C16H21NO5. The zero-order chi connectivity index (χ0) is 16.8. The van der Waals surface area contributed by atoms with Crippen molar-refractivity contribution in [2.75, 3.05) is 13.2 Å². The lowest BCUT2D eigenvalue weighted by Crippen LogP contribution is -2.33. The molecule has 22 heavy (non-hydrogen) atoms. The number of amides is 1. The Morgan fingerprint density at radius 2 is 1.64 bits per heavy atom. The van der Waals surface area contributed by atoms with Gasteiger partial charge in [-0.05, 0) is 39.8 Å². The normalized spacial score (nSPS) is 10.7. The van der Waals surface area contributed by atoms with E-state index in [0.29, 0.717) is 5.56 Å². The molecule has 120 valence electrons.